The lowest BCUT2D eigenvalue weighted by atomic mass is 10.1. The van der Waals surface area contributed by atoms with Crippen molar-refractivity contribution < 1.29 is 14.3 Å². The van der Waals surface area contributed by atoms with Crippen LogP contribution < -0.4 is 10.7 Å². The molecule has 25 heavy (non-hydrogen) atoms. The molecule has 0 fully saturated rings. The number of benzene rings is 1. The minimum atomic E-state index is -0.780. The Hall–Kier alpha value is -2.96. The topological polar surface area (TPSA) is 92.7 Å². The van der Waals surface area contributed by atoms with E-state index in [0.29, 0.717) is 0 Å². The van der Waals surface area contributed by atoms with E-state index in [1.807, 2.05) is 30.3 Å². The fourth-order valence-corrected chi connectivity index (χ4v) is 2.04. The Morgan fingerprint density at radius 1 is 1.24 bits per heavy atom. The van der Waals surface area contributed by atoms with Crippen LogP contribution in [0.2, 0.25) is 0 Å². The van der Waals surface area contributed by atoms with E-state index in [1.54, 1.807) is 33.9 Å². The van der Waals surface area contributed by atoms with Crippen LogP contribution in [0.5, 0.6) is 0 Å². The molecule has 2 aromatic rings. The van der Waals surface area contributed by atoms with Gasteiger partial charge in [0.25, 0.3) is 5.91 Å². The molecule has 0 spiro atoms. The lowest BCUT2D eigenvalue weighted by Gasteiger charge is -2.21. The monoisotopic (exact) mass is 342 g/mol. The Morgan fingerprint density at radius 3 is 2.68 bits per heavy atom. The highest BCUT2D eigenvalue weighted by atomic mass is 16.6. The van der Waals surface area contributed by atoms with Gasteiger partial charge in [-0.3, -0.25) is 9.78 Å². The Kier molecular flexibility index (Phi) is 5.69. The molecule has 0 aliphatic heterocycles. The molecule has 1 aromatic carbocycles. The number of aromatic nitrogens is 1. The lowest BCUT2D eigenvalue weighted by Crippen LogP contribution is -2.45. The van der Waals surface area contributed by atoms with Crippen LogP contribution in [0.4, 0.5) is 4.79 Å². The largest absolute Gasteiger partial charge is 0.444 e. The SMILES string of the molecule is C[C@H](NC(=O)OC(C)(C)C)C(=O)NN=Cc1cccc2cccnc12. The number of fused-ring (bicyclic) bond motifs is 1. The summed E-state index contributed by atoms with van der Waals surface area (Å²) >= 11 is 0. The zero-order valence-corrected chi connectivity index (χ0v) is 14.7. The summed E-state index contributed by atoms with van der Waals surface area (Å²) in [4.78, 5) is 28.0. The maximum absolute atomic E-state index is 12.0. The molecular formula is C18H22N4O3. The van der Waals surface area contributed by atoms with E-state index in [1.165, 1.54) is 6.21 Å². The van der Waals surface area contributed by atoms with Gasteiger partial charge in [-0.1, -0.05) is 24.3 Å². The molecule has 7 heteroatoms. The smallest absolute Gasteiger partial charge is 0.408 e. The molecule has 1 heterocycles. The second-order valence-corrected chi connectivity index (χ2v) is 6.52. The van der Waals surface area contributed by atoms with Crippen LogP contribution in [0.3, 0.4) is 0 Å². The van der Waals surface area contributed by atoms with Crippen LogP contribution >= 0.6 is 0 Å². The predicted octanol–water partition coefficient (Wildman–Crippen LogP) is 2.60. The summed E-state index contributed by atoms with van der Waals surface area (Å²) in [6, 6.07) is 8.72. The number of nitrogens with zero attached hydrogens (tertiary/aromatic N) is 2. The maximum atomic E-state index is 12.0. The van der Waals surface area contributed by atoms with Gasteiger partial charge in [0.15, 0.2) is 0 Å². The van der Waals surface area contributed by atoms with Crippen LogP contribution in [0.15, 0.2) is 41.6 Å². The number of amides is 2. The first-order chi connectivity index (χ1) is 11.8. The van der Waals surface area contributed by atoms with Crippen LogP contribution in [-0.2, 0) is 9.53 Å². The van der Waals surface area contributed by atoms with Crippen molar-refractivity contribution in [3.8, 4) is 0 Å². The van der Waals surface area contributed by atoms with Gasteiger partial charge in [0.05, 0.1) is 11.7 Å². The van der Waals surface area contributed by atoms with E-state index >= 15 is 0 Å². The highest BCUT2D eigenvalue weighted by Crippen LogP contribution is 2.13. The molecule has 0 aliphatic rings. The normalized spacial score (nSPS) is 12.8. The van der Waals surface area contributed by atoms with Crippen LogP contribution in [0, 0.1) is 0 Å². The molecule has 0 saturated heterocycles. The van der Waals surface area contributed by atoms with E-state index in [0.717, 1.165) is 16.5 Å². The molecule has 7 nitrogen and oxygen atoms in total. The van der Waals surface area contributed by atoms with Crippen LogP contribution in [-0.4, -0.2) is 34.8 Å². The molecule has 0 bridgehead atoms. The van der Waals surface area contributed by atoms with Gasteiger partial charge in [-0.15, -0.1) is 0 Å². The third kappa shape index (κ3) is 5.56. The van der Waals surface area contributed by atoms with Gasteiger partial charge in [-0.2, -0.15) is 5.10 Å². The van der Waals surface area contributed by atoms with Crippen molar-refractivity contribution in [2.75, 3.05) is 0 Å². The summed E-state index contributed by atoms with van der Waals surface area (Å²) in [5.74, 6) is -0.449. The van der Waals surface area contributed by atoms with Gasteiger partial charge in [-0.25, -0.2) is 10.2 Å². The van der Waals surface area contributed by atoms with Crippen molar-refractivity contribution in [1.29, 1.82) is 0 Å². The van der Waals surface area contributed by atoms with Gasteiger partial charge in [0.1, 0.15) is 11.6 Å². The summed E-state index contributed by atoms with van der Waals surface area (Å²) in [5, 5.41) is 7.38. The van der Waals surface area contributed by atoms with Crippen LogP contribution in [0.25, 0.3) is 10.9 Å². The fourth-order valence-electron chi connectivity index (χ4n) is 2.04. The molecule has 1 atom stereocenters. The first-order valence-electron chi connectivity index (χ1n) is 7.92. The van der Waals surface area contributed by atoms with Gasteiger partial charge in [0, 0.05) is 17.1 Å². The Morgan fingerprint density at radius 2 is 1.96 bits per heavy atom. The number of nitrogens with one attached hydrogen (secondary N) is 2. The highest BCUT2D eigenvalue weighted by Gasteiger charge is 2.20. The van der Waals surface area contributed by atoms with Crippen molar-refractivity contribution in [2.24, 2.45) is 5.10 Å². The van der Waals surface area contributed by atoms with Crippen molar-refractivity contribution in [3.05, 3.63) is 42.1 Å². The molecule has 132 valence electrons. The number of rotatable bonds is 4. The summed E-state index contributed by atoms with van der Waals surface area (Å²) in [6.07, 6.45) is 2.57. The van der Waals surface area contributed by atoms with Gasteiger partial charge < -0.3 is 10.1 Å². The Bertz CT molecular complexity index is 791. The average molecular weight is 342 g/mol. The first-order valence-corrected chi connectivity index (χ1v) is 7.92. The predicted molar refractivity (Wildman–Crippen MR) is 96.3 cm³/mol. The highest BCUT2D eigenvalue weighted by molar-refractivity contribution is 5.97. The number of carbonyl (C=O) groups excluding carboxylic acids is 2. The molecule has 0 saturated carbocycles. The van der Waals surface area contributed by atoms with Gasteiger partial charge >= 0.3 is 6.09 Å². The zero-order valence-electron chi connectivity index (χ0n) is 14.7. The minimum Gasteiger partial charge on any atom is -0.444 e. The number of carbonyl (C=O) groups is 2. The number of para-hydroxylation sites is 1. The van der Waals surface area contributed by atoms with E-state index < -0.39 is 23.6 Å². The number of pyridine rings is 1. The van der Waals surface area contributed by atoms with E-state index in [-0.39, 0.29) is 0 Å². The molecule has 2 N–H and O–H groups in total. The van der Waals surface area contributed by atoms with E-state index in [4.69, 9.17) is 4.74 Å². The van der Waals surface area contributed by atoms with Gasteiger partial charge in [0.2, 0.25) is 0 Å². The van der Waals surface area contributed by atoms with Gasteiger partial charge in [-0.05, 0) is 33.8 Å². The summed E-state index contributed by atoms with van der Waals surface area (Å²) in [5.41, 5.74) is 3.35. The van der Waals surface area contributed by atoms with E-state index in [2.05, 4.69) is 20.8 Å². The third-order valence-electron chi connectivity index (χ3n) is 3.17. The second-order valence-electron chi connectivity index (χ2n) is 6.52. The standard InChI is InChI=1S/C18H22N4O3/c1-12(21-17(24)25-18(2,3)4)16(23)22-20-11-14-8-5-7-13-9-6-10-19-15(13)14/h5-12H,1-4H3,(H,21,24)(H,22,23)/t12-/m0/s1. The molecule has 1 aromatic heterocycles. The number of hydrogen-bond donors (Lipinski definition) is 2. The summed E-state index contributed by atoms with van der Waals surface area (Å²) < 4.78 is 5.10. The molecule has 0 unspecified atom stereocenters. The third-order valence-corrected chi connectivity index (χ3v) is 3.17. The molecule has 0 radical (unpaired) electrons. The molecule has 0 aliphatic carbocycles. The Labute approximate surface area is 146 Å². The molecule has 2 rings (SSSR count). The quantitative estimate of drug-likeness (QED) is 0.660. The van der Waals surface area contributed by atoms with Crippen molar-refractivity contribution in [2.45, 2.75) is 39.3 Å². The zero-order chi connectivity index (χ0) is 18.4. The fraction of sp³-hybridized carbons (Fsp3) is 0.333. The summed E-state index contributed by atoms with van der Waals surface area (Å²) in [7, 11) is 0. The van der Waals surface area contributed by atoms with Crippen molar-refractivity contribution in [1.82, 2.24) is 15.7 Å². The number of ether oxygens (including phenoxy) is 1. The number of hydrazone groups is 1. The number of alkyl carbamates (subject to hydrolysis) is 1. The first kappa shape index (κ1) is 18.4. The Balaban J connectivity index is 1.94. The molecule has 2 amide bonds. The number of hydrogen-bond acceptors (Lipinski definition) is 5. The van der Waals surface area contributed by atoms with Crippen LogP contribution in [0.1, 0.15) is 33.3 Å². The summed E-state index contributed by atoms with van der Waals surface area (Å²) in [6.45, 7) is 6.80. The van der Waals surface area contributed by atoms with Crippen molar-refractivity contribution >= 4 is 29.1 Å². The van der Waals surface area contributed by atoms with Crippen molar-refractivity contribution in [3.63, 3.8) is 0 Å². The maximum Gasteiger partial charge on any atom is 0.408 e. The lowest BCUT2D eigenvalue weighted by molar-refractivity contribution is -0.122. The average Bonchev–Trinajstić information content (AvgIpc) is 2.53. The molecular weight excluding hydrogens is 320 g/mol. The second kappa shape index (κ2) is 7.74. The minimum absolute atomic E-state index is 0.449. The van der Waals surface area contributed by atoms with E-state index in [9.17, 15) is 9.59 Å².